The van der Waals surface area contributed by atoms with Crippen molar-refractivity contribution in [3.63, 3.8) is 0 Å². The molecule has 0 nitrogen and oxygen atoms in total. The van der Waals surface area contributed by atoms with Gasteiger partial charge in [-0.2, -0.15) is 0 Å². The van der Waals surface area contributed by atoms with Crippen LogP contribution < -0.4 is 0 Å². The highest BCUT2D eigenvalue weighted by Gasteiger charge is 2.13. The van der Waals surface area contributed by atoms with Crippen LogP contribution in [0.2, 0.25) is 0 Å². The van der Waals surface area contributed by atoms with Gasteiger partial charge in [0.2, 0.25) is 0 Å². The van der Waals surface area contributed by atoms with Crippen molar-refractivity contribution < 1.29 is 0 Å². The number of halogens is 3. The summed E-state index contributed by atoms with van der Waals surface area (Å²) in [7, 11) is 0. The van der Waals surface area contributed by atoms with Crippen LogP contribution in [0.5, 0.6) is 0 Å². The highest BCUT2D eigenvalue weighted by molar-refractivity contribution is 6.46. The van der Waals surface area contributed by atoms with E-state index >= 15 is 0 Å². The molecule has 0 bridgehead atoms. The minimum absolute atomic E-state index is 0.511. The molecule has 0 amide bonds. The fraction of sp³-hybridized carbons (Fsp3) is 0. The fourth-order valence-electron chi connectivity index (χ4n) is 0.422. The summed E-state index contributed by atoms with van der Waals surface area (Å²) in [6.45, 7) is 0. The molecule has 1 rings (SSSR count). The molecule has 0 aromatic carbocycles. The molecule has 1 radical (unpaired) electrons. The topological polar surface area (TPSA) is 0 Å². The maximum atomic E-state index is 5.51. The Morgan fingerprint density at radius 3 is 1.75 bits per heavy atom. The predicted molar refractivity (Wildman–Crippen MR) is 37.0 cm³/mol. The SMILES string of the molecule is Cl[C]1C=C(Cl)C=C1Cl. The number of allylic oxidation sites excluding steroid dienone is 4. The van der Waals surface area contributed by atoms with Crippen LogP contribution in [-0.2, 0) is 0 Å². The van der Waals surface area contributed by atoms with E-state index in [0.717, 1.165) is 0 Å². The lowest BCUT2D eigenvalue weighted by atomic mass is 10.5. The zero-order valence-corrected chi connectivity index (χ0v) is 6.06. The van der Waals surface area contributed by atoms with Crippen LogP contribution in [0.4, 0.5) is 0 Å². The molecular formula is C5H2Cl3. The summed E-state index contributed by atoms with van der Waals surface area (Å²) < 4.78 is 0. The van der Waals surface area contributed by atoms with Crippen molar-refractivity contribution in [3.8, 4) is 0 Å². The van der Waals surface area contributed by atoms with E-state index in [1.807, 2.05) is 0 Å². The fourth-order valence-corrected chi connectivity index (χ4v) is 1.10. The molecule has 0 spiro atoms. The first-order valence-corrected chi connectivity index (χ1v) is 3.11. The van der Waals surface area contributed by atoms with E-state index in [-0.39, 0.29) is 0 Å². The lowest BCUT2D eigenvalue weighted by molar-refractivity contribution is 1.68. The average molecular weight is 168 g/mol. The lowest BCUT2D eigenvalue weighted by Gasteiger charge is -1.88. The van der Waals surface area contributed by atoms with Gasteiger partial charge in [-0.15, -0.1) is 11.6 Å². The van der Waals surface area contributed by atoms with Gasteiger partial charge in [-0.05, 0) is 12.2 Å². The Morgan fingerprint density at radius 2 is 1.62 bits per heavy atom. The third kappa shape index (κ3) is 1.19. The van der Waals surface area contributed by atoms with E-state index in [0.29, 0.717) is 15.4 Å². The lowest BCUT2D eigenvalue weighted by Crippen LogP contribution is -1.72. The first-order chi connectivity index (χ1) is 3.70. The molecule has 0 saturated carbocycles. The monoisotopic (exact) mass is 167 g/mol. The maximum Gasteiger partial charge on any atom is 0.127 e. The Morgan fingerprint density at radius 1 is 1.00 bits per heavy atom. The molecule has 0 aromatic heterocycles. The van der Waals surface area contributed by atoms with Crippen LogP contribution in [0.3, 0.4) is 0 Å². The van der Waals surface area contributed by atoms with Crippen LogP contribution in [0.1, 0.15) is 0 Å². The molecule has 3 heteroatoms. The Balaban J connectivity index is 2.78. The normalized spacial score (nSPS) is 20.9. The second-order valence-corrected chi connectivity index (χ2v) is 2.62. The van der Waals surface area contributed by atoms with Gasteiger partial charge in [0.1, 0.15) is 5.38 Å². The molecule has 0 heterocycles. The van der Waals surface area contributed by atoms with Crippen LogP contribution in [0.25, 0.3) is 0 Å². The zero-order valence-electron chi connectivity index (χ0n) is 3.79. The Hall–Kier alpha value is 0.350. The molecule has 43 valence electrons. The first kappa shape index (κ1) is 6.47. The van der Waals surface area contributed by atoms with Gasteiger partial charge in [-0.1, -0.05) is 23.2 Å². The molecule has 0 fully saturated rings. The summed E-state index contributed by atoms with van der Waals surface area (Å²) in [4.78, 5) is 0. The van der Waals surface area contributed by atoms with Crippen molar-refractivity contribution in [2.45, 2.75) is 0 Å². The van der Waals surface area contributed by atoms with E-state index in [1.165, 1.54) is 0 Å². The smallest absolute Gasteiger partial charge is 0.106 e. The van der Waals surface area contributed by atoms with Crippen molar-refractivity contribution in [2.75, 3.05) is 0 Å². The molecule has 0 N–H and O–H groups in total. The molecule has 0 aliphatic heterocycles. The third-order valence-corrected chi connectivity index (χ3v) is 1.70. The third-order valence-electron chi connectivity index (χ3n) is 0.757. The first-order valence-electron chi connectivity index (χ1n) is 1.97. The number of rotatable bonds is 0. The molecule has 0 atom stereocenters. The Bertz CT molecular complexity index is 157. The number of hydrogen-bond donors (Lipinski definition) is 0. The van der Waals surface area contributed by atoms with Gasteiger partial charge in [0.15, 0.2) is 0 Å². The van der Waals surface area contributed by atoms with Crippen molar-refractivity contribution in [3.05, 3.63) is 27.6 Å². The van der Waals surface area contributed by atoms with E-state index in [1.54, 1.807) is 12.2 Å². The van der Waals surface area contributed by atoms with Gasteiger partial charge in [-0.3, -0.25) is 0 Å². The standard InChI is InChI=1S/C5H2Cl3/c6-3-1-4(7)5(8)2-3/h1-2H. The van der Waals surface area contributed by atoms with Crippen LogP contribution in [0, 0.1) is 5.38 Å². The average Bonchev–Trinajstić information content (AvgIpc) is 1.85. The quantitative estimate of drug-likeness (QED) is 0.522. The minimum atomic E-state index is 0.511. The van der Waals surface area contributed by atoms with Gasteiger partial charge < -0.3 is 0 Å². The predicted octanol–water partition coefficient (Wildman–Crippen LogP) is 3.02. The van der Waals surface area contributed by atoms with Crippen molar-refractivity contribution in [1.29, 1.82) is 0 Å². The summed E-state index contributed by atoms with van der Waals surface area (Å²) in [5, 5.41) is 1.60. The summed E-state index contributed by atoms with van der Waals surface area (Å²) >= 11 is 16.5. The Kier molecular flexibility index (Phi) is 1.86. The Labute approximate surface area is 62.7 Å². The van der Waals surface area contributed by atoms with Gasteiger partial charge in [0.05, 0.1) is 0 Å². The molecule has 0 unspecified atom stereocenters. The van der Waals surface area contributed by atoms with Crippen molar-refractivity contribution in [2.24, 2.45) is 0 Å². The molecule has 1 aliphatic carbocycles. The van der Waals surface area contributed by atoms with Crippen LogP contribution in [-0.4, -0.2) is 0 Å². The van der Waals surface area contributed by atoms with E-state index in [2.05, 4.69) is 0 Å². The molecule has 0 aromatic rings. The second kappa shape index (κ2) is 2.30. The van der Waals surface area contributed by atoms with Crippen LogP contribution >= 0.6 is 34.8 Å². The summed E-state index contributed by atoms with van der Waals surface area (Å²) in [5.41, 5.74) is 0. The summed E-state index contributed by atoms with van der Waals surface area (Å²) in [6, 6.07) is 0. The van der Waals surface area contributed by atoms with Gasteiger partial charge in [0, 0.05) is 10.1 Å². The largest absolute Gasteiger partial charge is 0.127 e. The number of hydrogen-bond acceptors (Lipinski definition) is 0. The second-order valence-electron chi connectivity index (χ2n) is 1.37. The molecular weight excluding hydrogens is 166 g/mol. The minimum Gasteiger partial charge on any atom is -0.106 e. The molecule has 0 saturated heterocycles. The van der Waals surface area contributed by atoms with Gasteiger partial charge in [0.25, 0.3) is 0 Å². The summed E-state index contributed by atoms with van der Waals surface area (Å²) in [5.74, 6) is 0. The van der Waals surface area contributed by atoms with Crippen molar-refractivity contribution in [1.82, 2.24) is 0 Å². The van der Waals surface area contributed by atoms with Gasteiger partial charge >= 0.3 is 0 Å². The van der Waals surface area contributed by atoms with E-state index in [4.69, 9.17) is 34.8 Å². The maximum absolute atomic E-state index is 5.51. The van der Waals surface area contributed by atoms with Gasteiger partial charge in [-0.25, -0.2) is 0 Å². The van der Waals surface area contributed by atoms with Crippen LogP contribution in [0.15, 0.2) is 22.2 Å². The highest BCUT2D eigenvalue weighted by atomic mass is 35.5. The van der Waals surface area contributed by atoms with E-state index < -0.39 is 0 Å². The summed E-state index contributed by atoms with van der Waals surface area (Å²) in [6.07, 6.45) is 3.21. The van der Waals surface area contributed by atoms with Crippen molar-refractivity contribution >= 4 is 34.8 Å². The molecule has 1 aliphatic rings. The zero-order chi connectivity index (χ0) is 6.15. The highest BCUT2D eigenvalue weighted by Crippen LogP contribution is 2.33. The molecule has 8 heavy (non-hydrogen) atoms. The van der Waals surface area contributed by atoms with E-state index in [9.17, 15) is 0 Å².